The summed E-state index contributed by atoms with van der Waals surface area (Å²) in [6, 6.07) is 7.59. The van der Waals surface area contributed by atoms with E-state index in [0.29, 0.717) is 0 Å². The molecule has 1 aromatic heterocycles. The van der Waals surface area contributed by atoms with Crippen molar-refractivity contribution < 1.29 is 4.79 Å². The minimum absolute atomic E-state index is 0.210. The molecular weight excluding hydrogens is 224 g/mol. The minimum Gasteiger partial charge on any atom is -0.324 e. The first-order valence-electron chi connectivity index (χ1n) is 4.96. The van der Waals surface area contributed by atoms with E-state index >= 15 is 0 Å². The van der Waals surface area contributed by atoms with Crippen molar-refractivity contribution in [2.75, 3.05) is 5.32 Å². The van der Waals surface area contributed by atoms with Gasteiger partial charge in [-0.15, -0.1) is 11.6 Å². The quantitative estimate of drug-likeness (QED) is 0.812. The molecule has 0 aliphatic rings. The van der Waals surface area contributed by atoms with Gasteiger partial charge < -0.3 is 5.32 Å². The minimum atomic E-state index is -0.549. The molecule has 3 nitrogen and oxygen atoms in total. The Labute approximate surface area is 98.4 Å². The molecule has 1 N–H and O–H groups in total. The lowest BCUT2D eigenvalue weighted by molar-refractivity contribution is -0.115. The van der Waals surface area contributed by atoms with E-state index in [-0.39, 0.29) is 5.91 Å². The lowest BCUT2D eigenvalue weighted by Crippen LogP contribution is -2.20. The summed E-state index contributed by atoms with van der Waals surface area (Å²) in [4.78, 5) is 15.5. The highest BCUT2D eigenvalue weighted by Crippen LogP contribution is 2.22. The number of nitrogens with zero attached hydrogens (tertiary/aromatic N) is 1. The molecule has 0 spiro atoms. The van der Waals surface area contributed by atoms with E-state index in [1.165, 1.54) is 0 Å². The Morgan fingerprint density at radius 1 is 1.44 bits per heavy atom. The van der Waals surface area contributed by atoms with Crippen molar-refractivity contribution in [2.45, 2.75) is 12.3 Å². The fourth-order valence-corrected chi connectivity index (χ4v) is 1.51. The summed E-state index contributed by atoms with van der Waals surface area (Å²) in [5, 5.41) is 4.17. The number of carbonyl (C=O) groups excluding carboxylic acids is 1. The van der Waals surface area contributed by atoms with Crippen LogP contribution in [0.2, 0.25) is 0 Å². The van der Waals surface area contributed by atoms with E-state index in [1.807, 2.05) is 24.3 Å². The zero-order valence-electron chi connectivity index (χ0n) is 8.77. The van der Waals surface area contributed by atoms with Crippen LogP contribution in [0.4, 0.5) is 5.69 Å². The molecule has 0 aliphatic heterocycles. The van der Waals surface area contributed by atoms with Crippen LogP contribution >= 0.6 is 11.6 Å². The summed E-state index contributed by atoms with van der Waals surface area (Å²) in [5.74, 6) is -0.210. The van der Waals surface area contributed by atoms with Crippen LogP contribution in [-0.2, 0) is 4.79 Å². The maximum atomic E-state index is 11.5. The van der Waals surface area contributed by atoms with Gasteiger partial charge in [0.05, 0.1) is 5.69 Å². The summed E-state index contributed by atoms with van der Waals surface area (Å²) in [7, 11) is 0. The fourth-order valence-electron chi connectivity index (χ4n) is 1.45. The molecule has 4 heteroatoms. The van der Waals surface area contributed by atoms with Crippen molar-refractivity contribution in [3.63, 3.8) is 0 Å². The molecule has 1 unspecified atom stereocenters. The van der Waals surface area contributed by atoms with Crippen LogP contribution < -0.4 is 5.32 Å². The molecule has 2 rings (SSSR count). The van der Waals surface area contributed by atoms with E-state index in [0.717, 1.165) is 16.5 Å². The standard InChI is InChI=1S/C12H11ClN2O/c1-8(13)12(16)15-11-4-2-3-9-5-6-14-7-10(9)11/h2-8H,1H3,(H,15,16). The highest BCUT2D eigenvalue weighted by Gasteiger charge is 2.10. The number of halogens is 1. The van der Waals surface area contributed by atoms with Crippen LogP contribution in [0.15, 0.2) is 36.7 Å². The van der Waals surface area contributed by atoms with Gasteiger partial charge in [0.25, 0.3) is 0 Å². The fraction of sp³-hybridized carbons (Fsp3) is 0.167. The van der Waals surface area contributed by atoms with Gasteiger partial charge in [-0.1, -0.05) is 12.1 Å². The van der Waals surface area contributed by atoms with Gasteiger partial charge in [-0.05, 0) is 24.4 Å². The molecule has 0 radical (unpaired) electrons. The number of anilines is 1. The van der Waals surface area contributed by atoms with Crippen LogP contribution in [-0.4, -0.2) is 16.3 Å². The van der Waals surface area contributed by atoms with Crippen molar-refractivity contribution in [1.29, 1.82) is 0 Å². The van der Waals surface area contributed by atoms with Crippen LogP contribution in [0.3, 0.4) is 0 Å². The number of pyridine rings is 1. The summed E-state index contributed by atoms with van der Waals surface area (Å²) in [5.41, 5.74) is 0.739. The molecule has 1 amide bonds. The van der Waals surface area contributed by atoms with Gasteiger partial charge in [-0.25, -0.2) is 0 Å². The maximum absolute atomic E-state index is 11.5. The largest absolute Gasteiger partial charge is 0.324 e. The normalized spacial score (nSPS) is 12.4. The Balaban J connectivity index is 2.41. The van der Waals surface area contributed by atoms with Crippen LogP contribution in [0.5, 0.6) is 0 Å². The number of aromatic nitrogens is 1. The third kappa shape index (κ3) is 2.14. The highest BCUT2D eigenvalue weighted by molar-refractivity contribution is 6.32. The SMILES string of the molecule is CC(Cl)C(=O)Nc1cccc2ccncc12. The molecule has 82 valence electrons. The van der Waals surface area contributed by atoms with E-state index in [2.05, 4.69) is 10.3 Å². The Hall–Kier alpha value is -1.61. The lowest BCUT2D eigenvalue weighted by Gasteiger charge is -2.09. The lowest BCUT2D eigenvalue weighted by atomic mass is 10.1. The van der Waals surface area contributed by atoms with Crippen LogP contribution in [0.25, 0.3) is 10.8 Å². The van der Waals surface area contributed by atoms with Crippen molar-refractivity contribution in [2.24, 2.45) is 0 Å². The van der Waals surface area contributed by atoms with Crippen LogP contribution in [0.1, 0.15) is 6.92 Å². The van der Waals surface area contributed by atoms with E-state index in [9.17, 15) is 4.79 Å². The van der Waals surface area contributed by atoms with Crippen molar-refractivity contribution in [3.8, 4) is 0 Å². The number of benzene rings is 1. The molecular formula is C12H11ClN2O. The molecule has 0 saturated carbocycles. The first-order chi connectivity index (χ1) is 7.68. The number of fused-ring (bicyclic) bond motifs is 1. The molecule has 1 atom stereocenters. The summed E-state index contributed by atoms with van der Waals surface area (Å²) in [6.07, 6.45) is 3.45. The van der Waals surface area contributed by atoms with Gasteiger partial charge in [0.15, 0.2) is 0 Å². The summed E-state index contributed by atoms with van der Waals surface area (Å²) >= 11 is 5.70. The van der Waals surface area contributed by atoms with Crippen molar-refractivity contribution in [3.05, 3.63) is 36.7 Å². The molecule has 0 saturated heterocycles. The first-order valence-corrected chi connectivity index (χ1v) is 5.40. The molecule has 0 bridgehead atoms. The molecule has 2 aromatic rings. The molecule has 0 aliphatic carbocycles. The van der Waals surface area contributed by atoms with E-state index in [4.69, 9.17) is 11.6 Å². The Morgan fingerprint density at radius 2 is 2.25 bits per heavy atom. The van der Waals surface area contributed by atoms with Gasteiger partial charge in [-0.3, -0.25) is 9.78 Å². The van der Waals surface area contributed by atoms with Crippen LogP contribution in [0, 0.1) is 0 Å². The summed E-state index contributed by atoms with van der Waals surface area (Å²) in [6.45, 7) is 1.64. The second-order valence-electron chi connectivity index (χ2n) is 3.51. The number of hydrogen-bond donors (Lipinski definition) is 1. The zero-order valence-corrected chi connectivity index (χ0v) is 9.53. The topological polar surface area (TPSA) is 42.0 Å². The number of hydrogen-bond acceptors (Lipinski definition) is 2. The number of carbonyl (C=O) groups is 1. The molecule has 1 aromatic carbocycles. The monoisotopic (exact) mass is 234 g/mol. The number of nitrogens with one attached hydrogen (secondary N) is 1. The third-order valence-corrected chi connectivity index (χ3v) is 2.50. The Bertz CT molecular complexity index is 520. The second-order valence-corrected chi connectivity index (χ2v) is 4.16. The van der Waals surface area contributed by atoms with Gasteiger partial charge in [0, 0.05) is 17.8 Å². The molecule has 0 fully saturated rings. The molecule has 16 heavy (non-hydrogen) atoms. The predicted molar refractivity (Wildman–Crippen MR) is 65.7 cm³/mol. The molecule has 1 heterocycles. The number of alkyl halides is 1. The first kappa shape index (κ1) is 10.9. The Kier molecular flexibility index (Phi) is 3.06. The smallest absolute Gasteiger partial charge is 0.242 e. The Morgan fingerprint density at radius 3 is 3.00 bits per heavy atom. The number of amides is 1. The third-order valence-electron chi connectivity index (χ3n) is 2.30. The van der Waals surface area contributed by atoms with E-state index < -0.39 is 5.38 Å². The van der Waals surface area contributed by atoms with Gasteiger partial charge >= 0.3 is 0 Å². The van der Waals surface area contributed by atoms with Crippen molar-refractivity contribution in [1.82, 2.24) is 4.98 Å². The van der Waals surface area contributed by atoms with Gasteiger partial charge in [0.2, 0.25) is 5.91 Å². The number of rotatable bonds is 2. The average molecular weight is 235 g/mol. The summed E-state index contributed by atoms with van der Waals surface area (Å²) < 4.78 is 0. The average Bonchev–Trinajstić information content (AvgIpc) is 2.29. The zero-order chi connectivity index (χ0) is 11.5. The second kappa shape index (κ2) is 4.49. The van der Waals surface area contributed by atoms with Gasteiger partial charge in [-0.2, -0.15) is 0 Å². The van der Waals surface area contributed by atoms with Crippen molar-refractivity contribution >= 4 is 34.0 Å². The van der Waals surface area contributed by atoms with Gasteiger partial charge in [0.1, 0.15) is 5.38 Å². The maximum Gasteiger partial charge on any atom is 0.242 e. The van der Waals surface area contributed by atoms with E-state index in [1.54, 1.807) is 19.3 Å². The predicted octanol–water partition coefficient (Wildman–Crippen LogP) is 2.80. The highest BCUT2D eigenvalue weighted by atomic mass is 35.5.